The Balaban J connectivity index is 1.36. The van der Waals surface area contributed by atoms with Crippen molar-refractivity contribution >= 4 is 32.7 Å². The number of aryl methyl sites for hydroxylation is 2. The smallest absolute Gasteiger partial charge is 0.160 e. The monoisotopic (exact) mass is 516 g/mol. The van der Waals surface area contributed by atoms with E-state index in [2.05, 4.69) is 92.7 Å². The molecular formula is C36H28N4. The highest BCUT2D eigenvalue weighted by molar-refractivity contribution is 6.08. The molecule has 0 saturated heterocycles. The number of aromatic nitrogens is 4. The third kappa shape index (κ3) is 4.18. The number of fused-ring (bicyclic) bond motifs is 4. The normalized spacial score (nSPS) is 11.4. The van der Waals surface area contributed by atoms with Gasteiger partial charge in [-0.2, -0.15) is 0 Å². The lowest BCUT2D eigenvalue weighted by Crippen LogP contribution is -1.96. The molecule has 0 radical (unpaired) electrons. The first-order chi connectivity index (χ1) is 19.7. The van der Waals surface area contributed by atoms with Gasteiger partial charge in [0.25, 0.3) is 0 Å². The Kier molecular flexibility index (Phi) is 6.01. The lowest BCUT2D eigenvalue weighted by Gasteiger charge is -2.13. The number of hydrogen-bond acceptors (Lipinski definition) is 4. The molecule has 0 aliphatic heterocycles. The van der Waals surface area contributed by atoms with Gasteiger partial charge in [-0.3, -0.25) is 9.97 Å². The van der Waals surface area contributed by atoms with Crippen LogP contribution in [0.5, 0.6) is 0 Å². The molecule has 4 heteroatoms. The van der Waals surface area contributed by atoms with Crippen LogP contribution < -0.4 is 0 Å². The van der Waals surface area contributed by atoms with Crippen LogP contribution in [0, 0.1) is 0 Å². The van der Waals surface area contributed by atoms with E-state index < -0.39 is 0 Å². The van der Waals surface area contributed by atoms with Gasteiger partial charge in [0, 0.05) is 38.7 Å². The van der Waals surface area contributed by atoms with Crippen molar-refractivity contribution < 1.29 is 0 Å². The van der Waals surface area contributed by atoms with Crippen LogP contribution in [-0.2, 0) is 12.8 Å². The van der Waals surface area contributed by atoms with Crippen molar-refractivity contribution in [2.75, 3.05) is 0 Å². The average molecular weight is 517 g/mol. The van der Waals surface area contributed by atoms with Crippen LogP contribution in [0.3, 0.4) is 0 Å². The van der Waals surface area contributed by atoms with Gasteiger partial charge in [-0.05, 0) is 42.2 Å². The fraction of sp³-hybridized carbons (Fsp3) is 0.111. The molecule has 0 aliphatic rings. The van der Waals surface area contributed by atoms with Gasteiger partial charge in [0.2, 0.25) is 0 Å². The van der Waals surface area contributed by atoms with E-state index in [9.17, 15) is 0 Å². The van der Waals surface area contributed by atoms with Crippen LogP contribution in [0.1, 0.15) is 25.2 Å². The molecule has 4 aromatic carbocycles. The SMILES string of the molecule is CCc1ccc2ccc3c(-c4ccc(-c5nc(-c6ccccc6)c6ccccc6n5)cc4)cc(CC)nc3c2n1. The molecule has 0 atom stereocenters. The first-order valence-electron chi connectivity index (χ1n) is 13.9. The second-order valence-corrected chi connectivity index (χ2v) is 10.1. The third-order valence-electron chi connectivity index (χ3n) is 7.58. The van der Waals surface area contributed by atoms with E-state index in [0.717, 1.165) is 85.1 Å². The zero-order chi connectivity index (χ0) is 27.1. The summed E-state index contributed by atoms with van der Waals surface area (Å²) in [4.78, 5) is 20.0. The number of para-hydroxylation sites is 1. The highest BCUT2D eigenvalue weighted by Gasteiger charge is 2.14. The van der Waals surface area contributed by atoms with E-state index in [1.54, 1.807) is 0 Å². The van der Waals surface area contributed by atoms with E-state index in [0.29, 0.717) is 0 Å². The molecule has 0 bridgehead atoms. The Morgan fingerprint density at radius 1 is 0.500 bits per heavy atom. The molecule has 40 heavy (non-hydrogen) atoms. The van der Waals surface area contributed by atoms with Crippen LogP contribution in [0.25, 0.3) is 66.5 Å². The fourth-order valence-corrected chi connectivity index (χ4v) is 5.40. The fourth-order valence-electron chi connectivity index (χ4n) is 5.40. The Hall–Kier alpha value is -4.96. The quantitative estimate of drug-likeness (QED) is 0.214. The number of benzene rings is 4. The second-order valence-electron chi connectivity index (χ2n) is 10.1. The molecule has 3 heterocycles. The van der Waals surface area contributed by atoms with E-state index in [4.69, 9.17) is 19.9 Å². The zero-order valence-electron chi connectivity index (χ0n) is 22.6. The topological polar surface area (TPSA) is 51.6 Å². The number of rotatable bonds is 5. The molecule has 7 rings (SSSR count). The Morgan fingerprint density at radius 3 is 2.00 bits per heavy atom. The maximum absolute atomic E-state index is 5.04. The molecule has 0 spiro atoms. The summed E-state index contributed by atoms with van der Waals surface area (Å²) in [6.45, 7) is 4.29. The predicted octanol–water partition coefficient (Wildman–Crippen LogP) is 8.85. The molecule has 0 N–H and O–H groups in total. The lowest BCUT2D eigenvalue weighted by atomic mass is 9.97. The zero-order valence-corrected chi connectivity index (χ0v) is 22.6. The van der Waals surface area contributed by atoms with Crippen molar-refractivity contribution in [1.82, 2.24) is 19.9 Å². The molecule has 0 amide bonds. The van der Waals surface area contributed by atoms with E-state index in [1.165, 1.54) is 5.56 Å². The van der Waals surface area contributed by atoms with Crippen LogP contribution >= 0.6 is 0 Å². The summed E-state index contributed by atoms with van der Waals surface area (Å²) in [5.74, 6) is 0.722. The van der Waals surface area contributed by atoms with Crippen LogP contribution in [0.15, 0.2) is 109 Å². The second kappa shape index (κ2) is 9.97. The Labute approximate surface area is 233 Å². The third-order valence-corrected chi connectivity index (χ3v) is 7.58. The summed E-state index contributed by atoms with van der Waals surface area (Å²) >= 11 is 0. The van der Waals surface area contributed by atoms with E-state index >= 15 is 0 Å². The number of hydrogen-bond donors (Lipinski definition) is 0. The number of pyridine rings is 2. The van der Waals surface area contributed by atoms with Gasteiger partial charge in [-0.15, -0.1) is 0 Å². The van der Waals surface area contributed by atoms with Gasteiger partial charge in [-0.25, -0.2) is 9.97 Å². The van der Waals surface area contributed by atoms with Gasteiger partial charge in [-0.1, -0.05) is 105 Å². The maximum atomic E-state index is 5.04. The molecule has 4 nitrogen and oxygen atoms in total. The van der Waals surface area contributed by atoms with Crippen LogP contribution in [0.4, 0.5) is 0 Å². The van der Waals surface area contributed by atoms with Crippen molar-refractivity contribution in [2.24, 2.45) is 0 Å². The Morgan fingerprint density at radius 2 is 1.20 bits per heavy atom. The average Bonchev–Trinajstić information content (AvgIpc) is 3.03. The van der Waals surface area contributed by atoms with Crippen LogP contribution in [-0.4, -0.2) is 19.9 Å². The van der Waals surface area contributed by atoms with Gasteiger partial charge in [0.05, 0.1) is 22.2 Å². The number of nitrogens with zero attached hydrogens (tertiary/aromatic N) is 4. The Bertz CT molecular complexity index is 2010. The summed E-state index contributed by atoms with van der Waals surface area (Å²) in [7, 11) is 0. The lowest BCUT2D eigenvalue weighted by molar-refractivity contribution is 1.05. The minimum absolute atomic E-state index is 0.722. The van der Waals surface area contributed by atoms with Crippen molar-refractivity contribution in [1.29, 1.82) is 0 Å². The summed E-state index contributed by atoms with van der Waals surface area (Å²) < 4.78 is 0. The van der Waals surface area contributed by atoms with Crippen molar-refractivity contribution in [3.05, 3.63) is 121 Å². The van der Waals surface area contributed by atoms with Gasteiger partial charge in [0.15, 0.2) is 5.82 Å². The van der Waals surface area contributed by atoms with Gasteiger partial charge >= 0.3 is 0 Å². The molecule has 192 valence electrons. The van der Waals surface area contributed by atoms with E-state index in [1.807, 2.05) is 30.3 Å². The molecule has 0 aliphatic carbocycles. The van der Waals surface area contributed by atoms with Gasteiger partial charge in [0.1, 0.15) is 0 Å². The van der Waals surface area contributed by atoms with Crippen LogP contribution in [0.2, 0.25) is 0 Å². The van der Waals surface area contributed by atoms with Gasteiger partial charge < -0.3 is 0 Å². The summed E-state index contributed by atoms with van der Waals surface area (Å²) in [5.41, 5.74) is 10.4. The summed E-state index contributed by atoms with van der Waals surface area (Å²) in [6, 6.07) is 37.9. The van der Waals surface area contributed by atoms with E-state index in [-0.39, 0.29) is 0 Å². The highest BCUT2D eigenvalue weighted by Crippen LogP contribution is 2.34. The first kappa shape index (κ1) is 24.1. The molecule has 0 unspecified atom stereocenters. The molecule has 0 saturated carbocycles. The highest BCUT2D eigenvalue weighted by atomic mass is 14.9. The standard InChI is InChI=1S/C36H28N4/c1-3-27-20-18-25-19-21-29-31(22-28(4-2)38-35(29)34(25)37-27)23-14-16-26(17-15-23)36-39-32-13-9-8-12-30(32)33(40-36)24-10-6-5-7-11-24/h5-22H,3-4H2,1-2H3. The van der Waals surface area contributed by atoms with Crippen molar-refractivity contribution in [3.8, 4) is 33.8 Å². The summed E-state index contributed by atoms with van der Waals surface area (Å²) in [5, 5.41) is 3.29. The summed E-state index contributed by atoms with van der Waals surface area (Å²) in [6.07, 6.45) is 1.76. The minimum atomic E-state index is 0.722. The van der Waals surface area contributed by atoms with Crippen molar-refractivity contribution in [3.63, 3.8) is 0 Å². The molecule has 7 aromatic rings. The molecule has 0 fully saturated rings. The first-order valence-corrected chi connectivity index (χ1v) is 13.9. The molecular weight excluding hydrogens is 488 g/mol. The maximum Gasteiger partial charge on any atom is 0.160 e. The molecule has 3 aromatic heterocycles. The van der Waals surface area contributed by atoms with Crippen molar-refractivity contribution in [2.45, 2.75) is 26.7 Å². The minimum Gasteiger partial charge on any atom is -0.251 e. The largest absolute Gasteiger partial charge is 0.251 e. The predicted molar refractivity (Wildman–Crippen MR) is 165 cm³/mol.